The average Bonchev–Trinajstić information content (AvgIpc) is 2.67. The lowest BCUT2D eigenvalue weighted by atomic mass is 9.87. The Balaban J connectivity index is 2.08. The summed E-state index contributed by atoms with van der Waals surface area (Å²) in [7, 11) is 0. The highest BCUT2D eigenvalue weighted by Gasteiger charge is 2.35. The quantitative estimate of drug-likeness (QED) is 0.847. The highest BCUT2D eigenvalue weighted by molar-refractivity contribution is 7.99. The molecule has 1 N–H and O–H groups in total. The van der Waals surface area contributed by atoms with Crippen molar-refractivity contribution in [3.05, 3.63) is 65.7 Å². The van der Waals surface area contributed by atoms with Crippen LogP contribution in [-0.2, 0) is 0 Å². The first-order valence-corrected chi connectivity index (χ1v) is 8.63. The van der Waals surface area contributed by atoms with E-state index in [0.717, 1.165) is 5.75 Å². The second-order valence-corrected chi connectivity index (χ2v) is 7.40. The number of thioether (sulfide) groups is 1. The molecule has 21 heavy (non-hydrogen) atoms. The van der Waals surface area contributed by atoms with Crippen molar-refractivity contribution >= 4 is 11.8 Å². The topological polar surface area (TPSA) is 12.0 Å². The molecule has 1 aliphatic heterocycles. The van der Waals surface area contributed by atoms with E-state index >= 15 is 0 Å². The van der Waals surface area contributed by atoms with Gasteiger partial charge in [-0.2, -0.15) is 0 Å². The van der Waals surface area contributed by atoms with Crippen LogP contribution in [0.5, 0.6) is 0 Å². The molecule has 0 spiro atoms. The maximum Gasteiger partial charge on any atom is 0.0592 e. The predicted octanol–water partition coefficient (Wildman–Crippen LogP) is 4.89. The van der Waals surface area contributed by atoms with E-state index in [-0.39, 0.29) is 11.6 Å². The summed E-state index contributed by atoms with van der Waals surface area (Å²) >= 11 is 1.98. The minimum atomic E-state index is 0.129. The van der Waals surface area contributed by atoms with Crippen LogP contribution in [0.2, 0.25) is 0 Å². The molecule has 1 aliphatic rings. The SMILES string of the molecule is CC(C)C1(C)CSc2ccccc2C(c2ccccc2)N1. The number of benzene rings is 2. The van der Waals surface area contributed by atoms with Crippen LogP contribution in [0, 0.1) is 5.92 Å². The van der Waals surface area contributed by atoms with Gasteiger partial charge in [-0.05, 0) is 30.0 Å². The van der Waals surface area contributed by atoms with Crippen LogP contribution in [0.25, 0.3) is 0 Å². The molecule has 2 aromatic carbocycles. The molecule has 0 amide bonds. The molecule has 0 saturated carbocycles. The lowest BCUT2D eigenvalue weighted by Crippen LogP contribution is -2.50. The van der Waals surface area contributed by atoms with Crippen molar-refractivity contribution in [1.29, 1.82) is 0 Å². The average molecular weight is 297 g/mol. The van der Waals surface area contributed by atoms with Gasteiger partial charge in [0, 0.05) is 16.2 Å². The molecule has 2 heteroatoms. The lowest BCUT2D eigenvalue weighted by molar-refractivity contribution is 0.277. The zero-order valence-corrected chi connectivity index (χ0v) is 13.8. The van der Waals surface area contributed by atoms with Gasteiger partial charge in [-0.25, -0.2) is 0 Å². The van der Waals surface area contributed by atoms with Gasteiger partial charge in [0.05, 0.1) is 6.04 Å². The molecule has 0 fully saturated rings. The van der Waals surface area contributed by atoms with Crippen LogP contribution < -0.4 is 5.32 Å². The summed E-state index contributed by atoms with van der Waals surface area (Å²) in [5.41, 5.74) is 2.88. The summed E-state index contributed by atoms with van der Waals surface area (Å²) in [6, 6.07) is 19.9. The molecule has 2 unspecified atom stereocenters. The predicted molar refractivity (Wildman–Crippen MR) is 91.8 cm³/mol. The summed E-state index contributed by atoms with van der Waals surface area (Å²) in [6.07, 6.45) is 0. The molecule has 0 aliphatic carbocycles. The van der Waals surface area contributed by atoms with Gasteiger partial charge in [0.15, 0.2) is 0 Å². The molecule has 0 aromatic heterocycles. The van der Waals surface area contributed by atoms with Gasteiger partial charge in [-0.15, -0.1) is 11.8 Å². The Hall–Kier alpha value is -1.25. The van der Waals surface area contributed by atoms with Crippen molar-refractivity contribution < 1.29 is 0 Å². The summed E-state index contributed by atoms with van der Waals surface area (Å²) in [5.74, 6) is 1.69. The van der Waals surface area contributed by atoms with Gasteiger partial charge < -0.3 is 0 Å². The first-order chi connectivity index (χ1) is 10.1. The first-order valence-electron chi connectivity index (χ1n) is 7.64. The highest BCUT2D eigenvalue weighted by atomic mass is 32.2. The van der Waals surface area contributed by atoms with Gasteiger partial charge in [-0.3, -0.25) is 5.32 Å². The Kier molecular flexibility index (Phi) is 4.10. The zero-order valence-electron chi connectivity index (χ0n) is 13.0. The van der Waals surface area contributed by atoms with Crippen molar-refractivity contribution in [2.75, 3.05) is 5.75 Å². The van der Waals surface area contributed by atoms with Crippen LogP contribution >= 0.6 is 11.8 Å². The summed E-state index contributed by atoms with van der Waals surface area (Å²) < 4.78 is 0. The van der Waals surface area contributed by atoms with Crippen molar-refractivity contribution in [2.45, 2.75) is 37.2 Å². The fraction of sp³-hybridized carbons (Fsp3) is 0.368. The van der Waals surface area contributed by atoms with E-state index in [1.165, 1.54) is 16.0 Å². The molecule has 2 atom stereocenters. The maximum atomic E-state index is 3.94. The Morgan fingerprint density at radius 1 is 1.05 bits per heavy atom. The normalized spacial score (nSPS) is 25.4. The van der Waals surface area contributed by atoms with E-state index < -0.39 is 0 Å². The van der Waals surface area contributed by atoms with Gasteiger partial charge in [-0.1, -0.05) is 62.4 Å². The zero-order chi connectivity index (χ0) is 14.9. The van der Waals surface area contributed by atoms with Gasteiger partial charge in [0.1, 0.15) is 0 Å². The summed E-state index contributed by atoms with van der Waals surface area (Å²) in [4.78, 5) is 1.41. The standard InChI is InChI=1S/C19H23NS/c1-14(2)19(3)13-21-17-12-8-7-11-16(17)18(20-19)15-9-5-4-6-10-15/h4-12,14,18,20H,13H2,1-3H3. The molecule has 1 heterocycles. The molecule has 3 rings (SSSR count). The van der Waals surface area contributed by atoms with E-state index in [0.29, 0.717) is 5.92 Å². The van der Waals surface area contributed by atoms with Gasteiger partial charge in [0.2, 0.25) is 0 Å². The molecule has 0 saturated heterocycles. The second-order valence-electron chi connectivity index (χ2n) is 6.39. The summed E-state index contributed by atoms with van der Waals surface area (Å²) in [5, 5.41) is 3.94. The van der Waals surface area contributed by atoms with Crippen molar-refractivity contribution in [3.63, 3.8) is 0 Å². The highest BCUT2D eigenvalue weighted by Crippen LogP contribution is 2.39. The molecular formula is C19H23NS. The van der Waals surface area contributed by atoms with Crippen LogP contribution in [0.4, 0.5) is 0 Å². The Bertz CT molecular complexity index is 608. The number of rotatable bonds is 2. The fourth-order valence-corrected chi connectivity index (χ4v) is 4.17. The summed E-state index contributed by atoms with van der Waals surface area (Å²) in [6.45, 7) is 6.98. The number of hydrogen-bond donors (Lipinski definition) is 1. The third-order valence-electron chi connectivity index (χ3n) is 4.64. The Labute approximate surface area is 132 Å². The Morgan fingerprint density at radius 2 is 1.71 bits per heavy atom. The van der Waals surface area contributed by atoms with Gasteiger partial charge in [0.25, 0.3) is 0 Å². The maximum absolute atomic E-state index is 3.94. The van der Waals surface area contributed by atoms with Crippen molar-refractivity contribution in [2.24, 2.45) is 5.92 Å². The van der Waals surface area contributed by atoms with Crippen molar-refractivity contribution in [1.82, 2.24) is 5.32 Å². The van der Waals surface area contributed by atoms with Crippen LogP contribution in [-0.4, -0.2) is 11.3 Å². The van der Waals surface area contributed by atoms with Crippen LogP contribution in [0.15, 0.2) is 59.5 Å². The third-order valence-corrected chi connectivity index (χ3v) is 6.07. The fourth-order valence-electron chi connectivity index (χ4n) is 2.77. The van der Waals surface area contributed by atoms with Crippen LogP contribution in [0.1, 0.15) is 37.9 Å². The van der Waals surface area contributed by atoms with E-state index in [1.807, 2.05) is 11.8 Å². The van der Waals surface area contributed by atoms with Crippen LogP contribution in [0.3, 0.4) is 0 Å². The minimum absolute atomic E-state index is 0.129. The first kappa shape index (κ1) is 14.7. The smallest absolute Gasteiger partial charge is 0.0592 e. The van der Waals surface area contributed by atoms with E-state index in [1.54, 1.807) is 0 Å². The minimum Gasteiger partial charge on any atom is -0.300 e. The monoisotopic (exact) mass is 297 g/mol. The third kappa shape index (κ3) is 2.88. The largest absolute Gasteiger partial charge is 0.300 e. The van der Waals surface area contributed by atoms with Gasteiger partial charge >= 0.3 is 0 Å². The molecule has 1 nitrogen and oxygen atoms in total. The molecular weight excluding hydrogens is 274 g/mol. The molecule has 0 radical (unpaired) electrons. The number of hydrogen-bond acceptors (Lipinski definition) is 2. The number of fused-ring (bicyclic) bond motifs is 1. The van der Waals surface area contributed by atoms with E-state index in [2.05, 4.69) is 80.7 Å². The lowest BCUT2D eigenvalue weighted by Gasteiger charge is -2.36. The molecule has 2 aromatic rings. The van der Waals surface area contributed by atoms with E-state index in [9.17, 15) is 0 Å². The van der Waals surface area contributed by atoms with Crippen molar-refractivity contribution in [3.8, 4) is 0 Å². The van der Waals surface area contributed by atoms with E-state index in [4.69, 9.17) is 0 Å². The Morgan fingerprint density at radius 3 is 2.43 bits per heavy atom. The molecule has 110 valence electrons. The second kappa shape index (κ2) is 5.86. The molecule has 0 bridgehead atoms. The number of nitrogens with one attached hydrogen (secondary N) is 1.